The highest BCUT2D eigenvalue weighted by molar-refractivity contribution is 7.89. The van der Waals surface area contributed by atoms with Crippen LogP contribution in [0.25, 0.3) is 0 Å². The van der Waals surface area contributed by atoms with E-state index in [0.717, 1.165) is 5.56 Å². The summed E-state index contributed by atoms with van der Waals surface area (Å²) in [5.74, 6) is 0.0147. The van der Waals surface area contributed by atoms with Crippen LogP contribution < -0.4 is 5.73 Å². The van der Waals surface area contributed by atoms with E-state index in [-0.39, 0.29) is 17.3 Å². The van der Waals surface area contributed by atoms with E-state index in [2.05, 4.69) is 15.3 Å². The molecule has 9 heteroatoms. The summed E-state index contributed by atoms with van der Waals surface area (Å²) in [6.07, 6.45) is 4.66. The van der Waals surface area contributed by atoms with Crippen LogP contribution in [0.15, 0.2) is 23.5 Å². The largest absolute Gasteiger partial charge is 0.381 e. The summed E-state index contributed by atoms with van der Waals surface area (Å²) >= 11 is 0. The predicted molar refractivity (Wildman–Crippen MR) is 69.6 cm³/mol. The van der Waals surface area contributed by atoms with Gasteiger partial charge in [-0.2, -0.15) is 14.5 Å². The minimum absolute atomic E-state index is 0.0147. The molecule has 104 valence electrons. The molecule has 2 rings (SSSR count). The fraction of sp³-hybridized carbons (Fsp3) is 0.400. The van der Waals surface area contributed by atoms with E-state index in [1.807, 2.05) is 6.92 Å². The van der Waals surface area contributed by atoms with Crippen LogP contribution in [0.5, 0.6) is 0 Å². The average Bonchev–Trinajstić information content (AvgIpc) is 2.98. The third kappa shape index (κ3) is 2.61. The molecule has 8 nitrogen and oxygen atoms in total. The van der Waals surface area contributed by atoms with Gasteiger partial charge in [-0.1, -0.05) is 0 Å². The van der Waals surface area contributed by atoms with E-state index >= 15 is 0 Å². The molecule has 0 atom stereocenters. The van der Waals surface area contributed by atoms with Crippen molar-refractivity contribution in [2.45, 2.75) is 24.9 Å². The Morgan fingerprint density at radius 1 is 1.53 bits per heavy atom. The summed E-state index contributed by atoms with van der Waals surface area (Å²) in [6.45, 7) is 2.64. The highest BCUT2D eigenvalue weighted by Crippen LogP contribution is 2.21. The summed E-state index contributed by atoms with van der Waals surface area (Å²) in [6, 6.07) is 0. The van der Waals surface area contributed by atoms with Crippen molar-refractivity contribution >= 4 is 15.8 Å². The van der Waals surface area contributed by atoms with Crippen LogP contribution in [0.4, 0.5) is 5.82 Å². The normalized spacial score (nSPS) is 12.2. The van der Waals surface area contributed by atoms with Gasteiger partial charge < -0.3 is 5.73 Å². The highest BCUT2D eigenvalue weighted by atomic mass is 32.2. The van der Waals surface area contributed by atoms with Gasteiger partial charge in [-0.25, -0.2) is 8.42 Å². The number of aryl methyl sites for hydroxylation is 1. The molecule has 0 amide bonds. The summed E-state index contributed by atoms with van der Waals surface area (Å²) in [5.41, 5.74) is 6.43. The lowest BCUT2D eigenvalue weighted by Gasteiger charge is -2.15. The van der Waals surface area contributed by atoms with Crippen molar-refractivity contribution in [3.63, 3.8) is 0 Å². The van der Waals surface area contributed by atoms with Gasteiger partial charge in [-0.15, -0.1) is 0 Å². The molecule has 0 aromatic carbocycles. The van der Waals surface area contributed by atoms with Gasteiger partial charge in [0.25, 0.3) is 0 Å². The zero-order valence-electron chi connectivity index (χ0n) is 10.7. The van der Waals surface area contributed by atoms with Crippen LogP contribution in [-0.2, 0) is 23.1 Å². The average molecular weight is 284 g/mol. The molecule has 2 aromatic rings. The molecule has 0 aliphatic rings. The number of nitrogens with zero attached hydrogens (tertiary/aromatic N) is 4. The fourth-order valence-electron chi connectivity index (χ4n) is 1.65. The van der Waals surface area contributed by atoms with E-state index in [1.54, 1.807) is 12.4 Å². The minimum atomic E-state index is -3.65. The van der Waals surface area contributed by atoms with Gasteiger partial charge in [0, 0.05) is 38.1 Å². The molecule has 0 spiro atoms. The summed E-state index contributed by atoms with van der Waals surface area (Å²) in [7, 11) is -2.16. The third-order valence-electron chi connectivity index (χ3n) is 2.73. The number of anilines is 1. The first-order valence-electron chi connectivity index (χ1n) is 5.72. The van der Waals surface area contributed by atoms with Gasteiger partial charge in [0.05, 0.1) is 6.20 Å². The number of nitrogens with one attached hydrogen (secondary N) is 1. The molecular formula is C10H16N6O2S. The van der Waals surface area contributed by atoms with Crippen molar-refractivity contribution in [3.05, 3.63) is 24.2 Å². The Morgan fingerprint density at radius 2 is 2.26 bits per heavy atom. The molecular weight excluding hydrogens is 268 g/mol. The number of aromatic nitrogens is 4. The van der Waals surface area contributed by atoms with Gasteiger partial charge in [0.15, 0.2) is 5.82 Å². The number of nitrogen functional groups attached to an aromatic ring is 1. The monoisotopic (exact) mass is 284 g/mol. The first kappa shape index (κ1) is 13.6. The Bertz CT molecular complexity index is 646. The van der Waals surface area contributed by atoms with Crippen LogP contribution in [-0.4, -0.2) is 39.7 Å². The van der Waals surface area contributed by atoms with E-state index in [4.69, 9.17) is 5.73 Å². The predicted octanol–water partition coefficient (Wildman–Crippen LogP) is 0.0290. The second-order valence-electron chi connectivity index (χ2n) is 4.10. The van der Waals surface area contributed by atoms with Crippen molar-refractivity contribution < 1.29 is 8.42 Å². The smallest absolute Gasteiger partial charge is 0.248 e. The second-order valence-corrected chi connectivity index (χ2v) is 6.12. The first-order chi connectivity index (χ1) is 8.95. The highest BCUT2D eigenvalue weighted by Gasteiger charge is 2.26. The SMILES string of the molecule is CCn1cc(S(=O)(=O)N(C)Cc2cn[nH]c2)c(N)n1. The van der Waals surface area contributed by atoms with Crippen molar-refractivity contribution in [1.29, 1.82) is 0 Å². The Balaban J connectivity index is 2.28. The molecule has 0 saturated heterocycles. The van der Waals surface area contributed by atoms with Crippen LogP contribution in [0.1, 0.15) is 12.5 Å². The number of sulfonamides is 1. The lowest BCUT2D eigenvalue weighted by Crippen LogP contribution is -2.26. The molecule has 0 saturated carbocycles. The van der Waals surface area contributed by atoms with E-state index < -0.39 is 10.0 Å². The van der Waals surface area contributed by atoms with Gasteiger partial charge in [0.2, 0.25) is 10.0 Å². The molecule has 0 bridgehead atoms. The van der Waals surface area contributed by atoms with Gasteiger partial charge >= 0.3 is 0 Å². The standard InChI is InChI=1S/C10H16N6O2S/c1-3-16-7-9(10(11)14-16)19(17,18)15(2)6-8-4-12-13-5-8/h4-5,7H,3,6H2,1-2H3,(H2,11,14)(H,12,13). The van der Waals surface area contributed by atoms with Crippen molar-refractivity contribution in [3.8, 4) is 0 Å². The number of hydrogen-bond donors (Lipinski definition) is 2. The van der Waals surface area contributed by atoms with Crippen molar-refractivity contribution in [2.75, 3.05) is 12.8 Å². The van der Waals surface area contributed by atoms with Crippen LogP contribution in [0.3, 0.4) is 0 Å². The molecule has 2 heterocycles. The number of hydrogen-bond acceptors (Lipinski definition) is 5. The van der Waals surface area contributed by atoms with Gasteiger partial charge in [0.1, 0.15) is 4.90 Å². The molecule has 0 radical (unpaired) electrons. The van der Waals surface area contributed by atoms with Crippen molar-refractivity contribution in [2.24, 2.45) is 0 Å². The maximum atomic E-state index is 12.4. The molecule has 2 aromatic heterocycles. The minimum Gasteiger partial charge on any atom is -0.381 e. The Morgan fingerprint density at radius 3 is 2.79 bits per heavy atom. The molecule has 0 aliphatic heterocycles. The quantitative estimate of drug-likeness (QED) is 0.805. The maximum Gasteiger partial charge on any atom is 0.248 e. The summed E-state index contributed by atoms with van der Waals surface area (Å²) in [4.78, 5) is 0.0281. The fourth-order valence-corrected chi connectivity index (χ4v) is 2.87. The zero-order valence-corrected chi connectivity index (χ0v) is 11.6. The zero-order chi connectivity index (χ0) is 14.0. The topological polar surface area (TPSA) is 110 Å². The van der Waals surface area contributed by atoms with Crippen LogP contribution >= 0.6 is 0 Å². The summed E-state index contributed by atoms with van der Waals surface area (Å²) < 4.78 is 27.4. The van der Waals surface area contributed by atoms with Crippen molar-refractivity contribution in [1.82, 2.24) is 24.3 Å². The third-order valence-corrected chi connectivity index (χ3v) is 4.55. The Labute approximate surface area is 111 Å². The Kier molecular flexibility index (Phi) is 3.58. The lowest BCUT2D eigenvalue weighted by atomic mass is 10.4. The first-order valence-corrected chi connectivity index (χ1v) is 7.16. The molecule has 19 heavy (non-hydrogen) atoms. The van der Waals surface area contributed by atoms with Gasteiger partial charge in [-0.05, 0) is 6.92 Å². The number of rotatable bonds is 5. The molecule has 0 unspecified atom stereocenters. The second kappa shape index (κ2) is 5.02. The maximum absolute atomic E-state index is 12.4. The van der Waals surface area contributed by atoms with Crippen LogP contribution in [0, 0.1) is 0 Å². The molecule has 0 aliphatic carbocycles. The number of nitrogens with two attached hydrogens (primary N) is 1. The number of aromatic amines is 1. The molecule has 0 fully saturated rings. The van der Waals surface area contributed by atoms with E-state index in [0.29, 0.717) is 6.54 Å². The Hall–Kier alpha value is -1.87. The number of H-pyrrole nitrogens is 1. The van der Waals surface area contributed by atoms with E-state index in [1.165, 1.54) is 22.2 Å². The lowest BCUT2D eigenvalue weighted by molar-refractivity contribution is 0.467. The van der Waals surface area contributed by atoms with Gasteiger partial charge in [-0.3, -0.25) is 9.78 Å². The van der Waals surface area contributed by atoms with Crippen LogP contribution in [0.2, 0.25) is 0 Å². The molecule has 3 N–H and O–H groups in total. The summed E-state index contributed by atoms with van der Waals surface area (Å²) in [5, 5.41) is 10.4. The van der Waals surface area contributed by atoms with E-state index in [9.17, 15) is 8.42 Å².